The number of H-pyrrole nitrogens is 1. The third kappa shape index (κ3) is 1.93. The van der Waals surface area contributed by atoms with Crippen LogP contribution in [0, 0.1) is 17.3 Å². The molecular weight excluding hydrogens is 402 g/mol. The molecule has 5 nitrogen and oxygen atoms in total. The number of benzene rings is 1. The van der Waals surface area contributed by atoms with Gasteiger partial charge in [0.05, 0.1) is 0 Å². The Labute approximate surface area is 188 Å². The highest BCUT2D eigenvalue weighted by Gasteiger charge is 2.72. The molecule has 3 heterocycles. The fraction of sp³-hybridized carbons (Fsp3) is 0.593. The van der Waals surface area contributed by atoms with E-state index in [0.717, 1.165) is 24.8 Å². The van der Waals surface area contributed by atoms with Crippen LogP contribution in [0.4, 0.5) is 0 Å². The molecule has 7 unspecified atom stereocenters. The molecule has 32 heavy (non-hydrogen) atoms. The van der Waals surface area contributed by atoms with Crippen molar-refractivity contribution in [3.05, 3.63) is 47.2 Å². The Bertz CT molecular complexity index is 1230. The molecule has 0 radical (unpaired) electrons. The molecule has 2 bridgehead atoms. The first-order valence-corrected chi connectivity index (χ1v) is 12.0. The lowest BCUT2D eigenvalue weighted by molar-refractivity contribution is -0.257. The fourth-order valence-corrected chi connectivity index (χ4v) is 8.41. The van der Waals surface area contributed by atoms with E-state index < -0.39 is 23.6 Å². The first kappa shape index (κ1) is 19.5. The Morgan fingerprint density at radius 3 is 2.72 bits per heavy atom. The molecule has 2 saturated carbocycles. The van der Waals surface area contributed by atoms with Gasteiger partial charge in [-0.2, -0.15) is 0 Å². The van der Waals surface area contributed by atoms with Gasteiger partial charge in [-0.05, 0) is 80.1 Å². The van der Waals surface area contributed by atoms with Gasteiger partial charge >= 0.3 is 0 Å². The highest BCUT2D eigenvalue weighted by molar-refractivity contribution is 5.97. The number of carbonyl (C=O) groups excluding carboxylic acids is 1. The molecule has 2 aromatic rings. The van der Waals surface area contributed by atoms with Crippen LogP contribution < -0.4 is 0 Å². The predicted molar refractivity (Wildman–Crippen MR) is 120 cm³/mol. The fourth-order valence-electron chi connectivity index (χ4n) is 8.41. The number of fused-ring (bicyclic) bond motifs is 9. The Hall–Kier alpha value is -1.95. The van der Waals surface area contributed by atoms with E-state index in [4.69, 9.17) is 9.47 Å². The van der Waals surface area contributed by atoms with Crippen LogP contribution in [0.25, 0.3) is 10.9 Å². The maximum atomic E-state index is 13.1. The van der Waals surface area contributed by atoms with E-state index in [2.05, 4.69) is 43.1 Å². The number of aliphatic hydroxyl groups is 1. The number of aliphatic hydroxyl groups excluding tert-OH is 1. The number of carbonyl (C=O) groups is 1. The zero-order chi connectivity index (χ0) is 22.3. The molecule has 7 rings (SSSR count). The summed E-state index contributed by atoms with van der Waals surface area (Å²) in [4.78, 5) is 16.8. The number of para-hydroxylation sites is 1. The van der Waals surface area contributed by atoms with Crippen LogP contribution in [0.1, 0.15) is 58.2 Å². The molecule has 1 aromatic heterocycles. The van der Waals surface area contributed by atoms with Crippen molar-refractivity contribution in [1.82, 2.24) is 4.98 Å². The molecule has 1 saturated heterocycles. The topological polar surface area (TPSA) is 71.5 Å². The van der Waals surface area contributed by atoms with E-state index in [-0.39, 0.29) is 22.5 Å². The number of ketones is 1. The van der Waals surface area contributed by atoms with Gasteiger partial charge in [0.1, 0.15) is 11.7 Å². The van der Waals surface area contributed by atoms with E-state index in [0.29, 0.717) is 12.3 Å². The lowest BCUT2D eigenvalue weighted by atomic mass is 9.44. The maximum absolute atomic E-state index is 13.1. The smallest absolute Gasteiger partial charge is 0.219 e. The van der Waals surface area contributed by atoms with Crippen LogP contribution in [0.15, 0.2) is 35.9 Å². The first-order chi connectivity index (χ1) is 15.1. The largest absolute Gasteiger partial charge is 0.387 e. The monoisotopic (exact) mass is 433 g/mol. The second kappa shape index (κ2) is 5.57. The number of rotatable bonds is 0. The molecule has 3 fully saturated rings. The van der Waals surface area contributed by atoms with E-state index in [1.807, 2.05) is 13.8 Å². The van der Waals surface area contributed by atoms with Gasteiger partial charge in [0.2, 0.25) is 5.79 Å². The van der Waals surface area contributed by atoms with Crippen LogP contribution in [0.2, 0.25) is 0 Å². The lowest BCUT2D eigenvalue weighted by Gasteiger charge is -2.62. The lowest BCUT2D eigenvalue weighted by Crippen LogP contribution is -2.65. The molecule has 0 amide bonds. The summed E-state index contributed by atoms with van der Waals surface area (Å²) in [5.41, 5.74) is 3.74. The van der Waals surface area contributed by atoms with E-state index in [9.17, 15) is 9.90 Å². The van der Waals surface area contributed by atoms with Crippen molar-refractivity contribution >= 4 is 16.7 Å². The Morgan fingerprint density at radius 1 is 1.12 bits per heavy atom. The van der Waals surface area contributed by atoms with Gasteiger partial charge in [0, 0.05) is 22.0 Å². The van der Waals surface area contributed by atoms with Crippen LogP contribution in [-0.2, 0) is 26.1 Å². The van der Waals surface area contributed by atoms with Gasteiger partial charge in [0.15, 0.2) is 11.9 Å². The molecular formula is C27H31NO4. The summed E-state index contributed by atoms with van der Waals surface area (Å²) in [5, 5.41) is 12.9. The number of hydrogen-bond acceptors (Lipinski definition) is 4. The molecule has 1 aromatic carbocycles. The van der Waals surface area contributed by atoms with Gasteiger partial charge in [-0.25, -0.2) is 0 Å². The summed E-state index contributed by atoms with van der Waals surface area (Å²) < 4.78 is 12.7. The summed E-state index contributed by atoms with van der Waals surface area (Å²) >= 11 is 0. The molecule has 5 aliphatic rings. The molecule has 5 heteroatoms. The molecule has 3 aliphatic carbocycles. The minimum absolute atomic E-state index is 0.0282. The van der Waals surface area contributed by atoms with Crippen LogP contribution in [0.3, 0.4) is 0 Å². The van der Waals surface area contributed by atoms with Crippen molar-refractivity contribution in [2.24, 2.45) is 17.3 Å². The number of aromatic amines is 1. The molecule has 1 spiro atoms. The van der Waals surface area contributed by atoms with Crippen LogP contribution >= 0.6 is 0 Å². The summed E-state index contributed by atoms with van der Waals surface area (Å²) in [5.74, 6) is -0.564. The minimum Gasteiger partial charge on any atom is -0.387 e. The van der Waals surface area contributed by atoms with Crippen LogP contribution in [0.5, 0.6) is 0 Å². The maximum Gasteiger partial charge on any atom is 0.219 e. The Morgan fingerprint density at radius 2 is 1.91 bits per heavy atom. The molecule has 168 valence electrons. The summed E-state index contributed by atoms with van der Waals surface area (Å²) in [6.45, 7) is 8.52. The number of hydrogen-bond donors (Lipinski definition) is 2. The molecule has 2 aliphatic heterocycles. The molecule has 2 N–H and O–H groups in total. The predicted octanol–water partition coefficient (Wildman–Crippen LogP) is 4.18. The summed E-state index contributed by atoms with van der Waals surface area (Å²) in [6.07, 6.45) is 4.06. The van der Waals surface area contributed by atoms with E-state index in [1.165, 1.54) is 22.2 Å². The first-order valence-electron chi connectivity index (χ1n) is 12.0. The van der Waals surface area contributed by atoms with Crippen molar-refractivity contribution in [2.45, 2.75) is 82.4 Å². The van der Waals surface area contributed by atoms with Crippen molar-refractivity contribution in [3.8, 4) is 0 Å². The number of ether oxygens (including phenoxy) is 2. The van der Waals surface area contributed by atoms with Gasteiger partial charge in [-0.15, -0.1) is 0 Å². The minimum atomic E-state index is -1.18. The molecule has 7 atom stereocenters. The summed E-state index contributed by atoms with van der Waals surface area (Å²) in [7, 11) is 0. The Kier molecular flexibility index (Phi) is 3.40. The van der Waals surface area contributed by atoms with Crippen molar-refractivity contribution < 1.29 is 19.4 Å². The Balaban J connectivity index is 1.42. The van der Waals surface area contributed by atoms with Gasteiger partial charge in [-0.3, -0.25) is 4.79 Å². The highest BCUT2D eigenvalue weighted by Crippen LogP contribution is 2.70. The van der Waals surface area contributed by atoms with Crippen LogP contribution in [-0.4, -0.2) is 39.5 Å². The average Bonchev–Trinajstić information content (AvgIpc) is 3.32. The van der Waals surface area contributed by atoms with Gasteiger partial charge in [-0.1, -0.05) is 32.0 Å². The normalized spacial score (nSPS) is 45.8. The third-order valence-corrected chi connectivity index (χ3v) is 10.1. The average molecular weight is 434 g/mol. The summed E-state index contributed by atoms with van der Waals surface area (Å²) in [6, 6.07) is 8.58. The zero-order valence-electron chi connectivity index (χ0n) is 19.2. The van der Waals surface area contributed by atoms with Gasteiger partial charge < -0.3 is 19.6 Å². The van der Waals surface area contributed by atoms with E-state index >= 15 is 0 Å². The standard InChI is InChI=1S/C27H31NO4/c1-24(2)23-20(29)12-18-17-10-9-14-11-16-15-7-5-6-8-19(15)28-22(16)26(14,4)25(17,3)13-21(30)27(18,31-23)32-24/h5-8,12,14,17,21,23,28,30H,9-11,13H2,1-4H3. The van der Waals surface area contributed by atoms with Crippen molar-refractivity contribution in [3.63, 3.8) is 0 Å². The van der Waals surface area contributed by atoms with Crippen molar-refractivity contribution in [2.75, 3.05) is 0 Å². The second-order valence-electron chi connectivity index (χ2n) is 11.8. The highest BCUT2D eigenvalue weighted by atomic mass is 16.8. The SMILES string of the molecule is CC1(C)OC23OC1C(=O)C=C2C1CCC2Cc4c([nH]c5ccccc45)C2(C)C1(C)CC3O. The number of aromatic nitrogens is 1. The van der Waals surface area contributed by atoms with E-state index in [1.54, 1.807) is 6.08 Å². The number of nitrogens with one attached hydrogen (secondary N) is 1. The quantitative estimate of drug-likeness (QED) is 0.654. The van der Waals surface area contributed by atoms with Gasteiger partial charge in [0.25, 0.3) is 0 Å². The second-order valence-corrected chi connectivity index (χ2v) is 11.8. The third-order valence-electron chi connectivity index (χ3n) is 10.1. The van der Waals surface area contributed by atoms with Crippen molar-refractivity contribution in [1.29, 1.82) is 0 Å². The zero-order valence-corrected chi connectivity index (χ0v) is 19.2.